The van der Waals surface area contributed by atoms with Gasteiger partial charge in [0.25, 0.3) is 0 Å². The number of rotatable bonds is 6. The second-order valence-electron chi connectivity index (χ2n) is 5.51. The molecule has 142 valence electrons. The van der Waals surface area contributed by atoms with Crippen molar-refractivity contribution in [2.24, 2.45) is 0 Å². The maximum Gasteiger partial charge on any atom is 0.418 e. The molecule has 0 aliphatic rings. The summed E-state index contributed by atoms with van der Waals surface area (Å²) in [7, 11) is 1.56. The van der Waals surface area contributed by atoms with Crippen LogP contribution in [0, 0.1) is 0 Å². The average Bonchev–Trinajstić information content (AvgIpc) is 3.05. The van der Waals surface area contributed by atoms with E-state index in [9.17, 15) is 13.2 Å². The standard InChI is InChI=1S/C18H15ClF3N3OS/c1-26-9-10-27-17-24-23-16(12-5-4-6-13(19)11-12)25(17)15-8-3-2-7-14(15)18(20,21)22/h2-8,11H,9-10H2,1H3. The highest BCUT2D eigenvalue weighted by Gasteiger charge is 2.35. The largest absolute Gasteiger partial charge is 0.418 e. The first-order valence-corrected chi connectivity index (χ1v) is 9.28. The summed E-state index contributed by atoms with van der Waals surface area (Å²) in [4.78, 5) is 0. The van der Waals surface area contributed by atoms with E-state index in [-0.39, 0.29) is 11.5 Å². The first-order valence-electron chi connectivity index (χ1n) is 7.91. The number of aromatic nitrogens is 3. The van der Waals surface area contributed by atoms with Gasteiger partial charge in [0.15, 0.2) is 11.0 Å². The average molecular weight is 414 g/mol. The van der Waals surface area contributed by atoms with E-state index in [1.54, 1.807) is 37.4 Å². The highest BCUT2D eigenvalue weighted by molar-refractivity contribution is 7.99. The number of thioether (sulfide) groups is 1. The van der Waals surface area contributed by atoms with Gasteiger partial charge in [0.2, 0.25) is 0 Å². The minimum Gasteiger partial charge on any atom is -0.384 e. The summed E-state index contributed by atoms with van der Waals surface area (Å²) >= 11 is 7.32. The summed E-state index contributed by atoms with van der Waals surface area (Å²) in [6, 6.07) is 12.1. The smallest absolute Gasteiger partial charge is 0.384 e. The van der Waals surface area contributed by atoms with Gasteiger partial charge in [0.1, 0.15) is 0 Å². The lowest BCUT2D eigenvalue weighted by Crippen LogP contribution is -2.12. The normalized spacial score (nSPS) is 11.7. The van der Waals surface area contributed by atoms with Gasteiger partial charge in [-0.3, -0.25) is 4.57 Å². The van der Waals surface area contributed by atoms with Crippen LogP contribution in [0.2, 0.25) is 5.02 Å². The van der Waals surface area contributed by atoms with Crippen LogP contribution >= 0.6 is 23.4 Å². The molecule has 0 unspecified atom stereocenters. The highest BCUT2D eigenvalue weighted by atomic mass is 35.5. The molecule has 0 N–H and O–H groups in total. The molecule has 0 aliphatic carbocycles. The first kappa shape index (κ1) is 19.7. The monoisotopic (exact) mass is 413 g/mol. The molecule has 0 bridgehead atoms. The number of nitrogens with zero attached hydrogens (tertiary/aromatic N) is 3. The third-order valence-corrected chi connectivity index (χ3v) is 4.81. The summed E-state index contributed by atoms with van der Waals surface area (Å²) in [6.07, 6.45) is -4.51. The summed E-state index contributed by atoms with van der Waals surface area (Å²) in [6.45, 7) is 0.435. The van der Waals surface area contributed by atoms with E-state index in [0.29, 0.717) is 28.1 Å². The van der Waals surface area contributed by atoms with E-state index in [4.69, 9.17) is 16.3 Å². The molecule has 3 aromatic rings. The van der Waals surface area contributed by atoms with Crippen LogP contribution < -0.4 is 0 Å². The van der Waals surface area contributed by atoms with E-state index in [1.807, 2.05) is 0 Å². The Morgan fingerprint density at radius 2 is 1.89 bits per heavy atom. The number of para-hydroxylation sites is 1. The second-order valence-corrected chi connectivity index (χ2v) is 7.01. The van der Waals surface area contributed by atoms with E-state index < -0.39 is 11.7 Å². The summed E-state index contributed by atoms with van der Waals surface area (Å²) < 4.78 is 47.2. The number of ether oxygens (including phenoxy) is 1. The van der Waals surface area contributed by atoms with Gasteiger partial charge in [-0.1, -0.05) is 47.6 Å². The van der Waals surface area contributed by atoms with Crippen molar-refractivity contribution in [3.05, 3.63) is 59.1 Å². The van der Waals surface area contributed by atoms with Crippen molar-refractivity contribution < 1.29 is 17.9 Å². The SMILES string of the molecule is COCCSc1nnc(-c2cccc(Cl)c2)n1-c1ccccc1C(F)(F)F. The van der Waals surface area contributed by atoms with Crippen molar-refractivity contribution in [3.63, 3.8) is 0 Å². The zero-order valence-corrected chi connectivity index (χ0v) is 15.8. The Hall–Kier alpha value is -2.03. The molecule has 0 saturated heterocycles. The van der Waals surface area contributed by atoms with Crippen LogP contribution in [0.3, 0.4) is 0 Å². The Morgan fingerprint density at radius 1 is 1.11 bits per heavy atom. The van der Waals surface area contributed by atoms with Crippen LogP contribution in [0.4, 0.5) is 13.2 Å². The summed E-state index contributed by atoms with van der Waals surface area (Å²) in [5.74, 6) is 0.812. The quantitative estimate of drug-likeness (QED) is 0.403. The van der Waals surface area contributed by atoms with E-state index in [2.05, 4.69) is 10.2 Å². The molecule has 4 nitrogen and oxygen atoms in total. The van der Waals surface area contributed by atoms with E-state index in [0.717, 1.165) is 6.07 Å². The van der Waals surface area contributed by atoms with Gasteiger partial charge >= 0.3 is 6.18 Å². The maximum absolute atomic E-state index is 13.6. The minimum atomic E-state index is -4.51. The molecule has 2 aromatic carbocycles. The second kappa shape index (κ2) is 8.33. The molecule has 3 rings (SSSR count). The molecule has 1 heterocycles. The zero-order chi connectivity index (χ0) is 19.4. The molecule has 1 aromatic heterocycles. The van der Waals surface area contributed by atoms with Crippen molar-refractivity contribution in [2.75, 3.05) is 19.5 Å². The molecule has 0 atom stereocenters. The Morgan fingerprint density at radius 3 is 2.59 bits per heavy atom. The Bertz CT molecular complexity index is 930. The van der Waals surface area contributed by atoms with Crippen LogP contribution in [0.1, 0.15) is 5.56 Å². The van der Waals surface area contributed by atoms with Gasteiger partial charge in [-0.2, -0.15) is 13.2 Å². The van der Waals surface area contributed by atoms with Crippen molar-refractivity contribution in [2.45, 2.75) is 11.3 Å². The van der Waals surface area contributed by atoms with Gasteiger partial charge in [0, 0.05) is 23.4 Å². The Balaban J connectivity index is 2.19. The molecule has 27 heavy (non-hydrogen) atoms. The van der Waals surface area contributed by atoms with Crippen molar-refractivity contribution in [1.29, 1.82) is 0 Å². The van der Waals surface area contributed by atoms with Crippen LogP contribution in [-0.2, 0) is 10.9 Å². The lowest BCUT2D eigenvalue weighted by atomic mass is 10.1. The van der Waals surface area contributed by atoms with Gasteiger partial charge in [-0.25, -0.2) is 0 Å². The van der Waals surface area contributed by atoms with Gasteiger partial charge in [-0.15, -0.1) is 10.2 Å². The highest BCUT2D eigenvalue weighted by Crippen LogP contribution is 2.37. The van der Waals surface area contributed by atoms with Crippen LogP contribution in [-0.4, -0.2) is 34.2 Å². The van der Waals surface area contributed by atoms with Crippen molar-refractivity contribution in [1.82, 2.24) is 14.8 Å². The Kier molecular flexibility index (Phi) is 6.08. The molecule has 0 radical (unpaired) electrons. The maximum atomic E-state index is 13.6. The van der Waals surface area contributed by atoms with Gasteiger partial charge < -0.3 is 4.74 Å². The van der Waals surface area contributed by atoms with Crippen LogP contribution in [0.15, 0.2) is 53.7 Å². The molecular weight excluding hydrogens is 399 g/mol. The molecule has 9 heteroatoms. The van der Waals surface area contributed by atoms with Crippen molar-refractivity contribution >= 4 is 23.4 Å². The molecule has 0 spiro atoms. The number of halogens is 4. The third-order valence-electron chi connectivity index (χ3n) is 3.69. The van der Waals surface area contributed by atoms with E-state index >= 15 is 0 Å². The third kappa shape index (κ3) is 4.45. The fraction of sp³-hybridized carbons (Fsp3) is 0.222. The number of benzene rings is 2. The summed E-state index contributed by atoms with van der Waals surface area (Å²) in [5, 5.41) is 9.04. The predicted octanol–water partition coefficient (Wildman–Crippen LogP) is 5.35. The van der Waals surface area contributed by atoms with Crippen LogP contribution in [0.25, 0.3) is 17.1 Å². The van der Waals surface area contributed by atoms with Crippen molar-refractivity contribution in [3.8, 4) is 17.1 Å². The minimum absolute atomic E-state index is 0.0371. The van der Waals surface area contributed by atoms with Gasteiger partial charge in [0.05, 0.1) is 17.9 Å². The molecule has 0 saturated carbocycles. The number of hydrogen-bond donors (Lipinski definition) is 0. The molecule has 0 amide bonds. The molecular formula is C18H15ClF3N3OS. The lowest BCUT2D eigenvalue weighted by Gasteiger charge is -2.16. The zero-order valence-electron chi connectivity index (χ0n) is 14.2. The number of hydrogen-bond acceptors (Lipinski definition) is 4. The fourth-order valence-electron chi connectivity index (χ4n) is 2.52. The molecule has 0 fully saturated rings. The molecule has 0 aliphatic heterocycles. The van der Waals surface area contributed by atoms with E-state index in [1.165, 1.54) is 28.5 Å². The number of alkyl halides is 3. The van der Waals surface area contributed by atoms with Crippen LogP contribution in [0.5, 0.6) is 0 Å². The Labute approximate surface area is 163 Å². The lowest BCUT2D eigenvalue weighted by molar-refractivity contribution is -0.137. The summed E-state index contributed by atoms with van der Waals surface area (Å²) in [5.41, 5.74) is -0.225. The first-order chi connectivity index (χ1) is 12.9. The topological polar surface area (TPSA) is 39.9 Å². The number of methoxy groups -OCH3 is 1. The predicted molar refractivity (Wildman–Crippen MR) is 99.4 cm³/mol. The van der Waals surface area contributed by atoms with Gasteiger partial charge in [-0.05, 0) is 24.3 Å². The fourth-order valence-corrected chi connectivity index (χ4v) is 3.56.